The van der Waals surface area contributed by atoms with Crippen molar-refractivity contribution in [1.82, 2.24) is 14.8 Å². The summed E-state index contributed by atoms with van der Waals surface area (Å²) in [5, 5.41) is 18.5. The van der Waals surface area contributed by atoms with Crippen molar-refractivity contribution in [3.8, 4) is 0 Å². The van der Waals surface area contributed by atoms with Crippen LogP contribution in [0.1, 0.15) is 62.4 Å². The van der Waals surface area contributed by atoms with Crippen LogP contribution in [0.15, 0.2) is 35.5 Å². The Hall–Kier alpha value is -1.82. The molecule has 0 aliphatic heterocycles. The predicted octanol–water partition coefficient (Wildman–Crippen LogP) is 4.11. The van der Waals surface area contributed by atoms with Crippen LogP contribution in [0.2, 0.25) is 0 Å². The lowest BCUT2D eigenvalue weighted by Gasteiger charge is -2.25. The van der Waals surface area contributed by atoms with Crippen LogP contribution in [0.5, 0.6) is 0 Å². The molecule has 1 heterocycles. The van der Waals surface area contributed by atoms with E-state index in [1.165, 1.54) is 36.6 Å². The Kier molecular flexibility index (Phi) is 5.56. The highest BCUT2D eigenvalue weighted by atomic mass is 32.2. The Bertz CT molecular complexity index is 681. The number of hydrogen-bond acceptors (Lipinski definition) is 4. The minimum absolute atomic E-state index is 0.00428. The Morgan fingerprint density at radius 2 is 1.96 bits per heavy atom. The second-order valence-corrected chi connectivity index (χ2v) is 7.26. The van der Waals surface area contributed by atoms with E-state index >= 15 is 0 Å². The number of aromatic nitrogens is 3. The first-order valence-corrected chi connectivity index (χ1v) is 9.49. The lowest BCUT2D eigenvalue weighted by Crippen LogP contribution is -2.17. The molecule has 0 spiro atoms. The second-order valence-electron chi connectivity index (χ2n) is 6.31. The van der Waals surface area contributed by atoms with Crippen molar-refractivity contribution >= 4 is 17.7 Å². The van der Waals surface area contributed by atoms with Gasteiger partial charge in [-0.1, -0.05) is 61.4 Å². The molecule has 3 rings (SSSR count). The maximum Gasteiger partial charge on any atom is 0.313 e. The fourth-order valence-electron chi connectivity index (χ4n) is 3.40. The molecule has 1 aromatic heterocycles. The van der Waals surface area contributed by atoms with Crippen LogP contribution in [0, 0.1) is 0 Å². The van der Waals surface area contributed by atoms with Crippen molar-refractivity contribution < 1.29 is 9.90 Å². The largest absolute Gasteiger partial charge is 0.481 e. The topological polar surface area (TPSA) is 68.0 Å². The van der Waals surface area contributed by atoms with Gasteiger partial charge in [-0.05, 0) is 25.3 Å². The Morgan fingerprint density at radius 3 is 2.62 bits per heavy atom. The van der Waals surface area contributed by atoms with Gasteiger partial charge in [-0.15, -0.1) is 10.2 Å². The molecule has 1 saturated carbocycles. The molecule has 1 aromatic carbocycles. The summed E-state index contributed by atoms with van der Waals surface area (Å²) >= 11 is 1.25. The maximum absolute atomic E-state index is 11.0. The van der Waals surface area contributed by atoms with Crippen molar-refractivity contribution in [1.29, 1.82) is 0 Å². The third-order valence-electron chi connectivity index (χ3n) is 4.66. The highest BCUT2D eigenvalue weighted by Crippen LogP contribution is 2.36. The van der Waals surface area contributed by atoms with Gasteiger partial charge in [-0.25, -0.2) is 0 Å². The highest BCUT2D eigenvalue weighted by Gasteiger charge is 2.26. The molecule has 6 heteroatoms. The smallest absolute Gasteiger partial charge is 0.313 e. The molecular formula is C18H23N3O2S. The van der Waals surface area contributed by atoms with E-state index < -0.39 is 5.97 Å². The summed E-state index contributed by atoms with van der Waals surface area (Å²) in [6, 6.07) is 10.3. The summed E-state index contributed by atoms with van der Waals surface area (Å²) in [7, 11) is 0. The van der Waals surface area contributed by atoms with Crippen LogP contribution in [-0.4, -0.2) is 31.6 Å². The number of nitrogens with zero attached hydrogens (tertiary/aromatic N) is 3. The number of rotatable bonds is 6. The van der Waals surface area contributed by atoms with Crippen molar-refractivity contribution in [2.75, 3.05) is 5.75 Å². The molecule has 5 nitrogen and oxygen atoms in total. The summed E-state index contributed by atoms with van der Waals surface area (Å²) in [5.41, 5.74) is 1.19. The van der Waals surface area contributed by atoms with Crippen LogP contribution in [0.3, 0.4) is 0 Å². The zero-order chi connectivity index (χ0) is 16.9. The van der Waals surface area contributed by atoms with Gasteiger partial charge in [0, 0.05) is 5.92 Å². The first-order chi connectivity index (χ1) is 11.7. The van der Waals surface area contributed by atoms with Crippen molar-refractivity contribution in [2.45, 2.75) is 56.1 Å². The van der Waals surface area contributed by atoms with Gasteiger partial charge in [0.05, 0.1) is 11.8 Å². The van der Waals surface area contributed by atoms with Gasteiger partial charge in [0.1, 0.15) is 5.82 Å². The molecule has 0 saturated heterocycles. The maximum atomic E-state index is 11.0. The minimum Gasteiger partial charge on any atom is -0.481 e. The van der Waals surface area contributed by atoms with E-state index in [4.69, 9.17) is 5.11 Å². The highest BCUT2D eigenvalue weighted by molar-refractivity contribution is 7.99. The molecule has 1 atom stereocenters. The van der Waals surface area contributed by atoms with E-state index in [2.05, 4.69) is 33.8 Å². The lowest BCUT2D eigenvalue weighted by molar-refractivity contribution is -0.133. The van der Waals surface area contributed by atoms with E-state index in [-0.39, 0.29) is 11.8 Å². The third-order valence-corrected chi connectivity index (χ3v) is 5.58. The standard InChI is InChI=1S/C18H23N3O2S/c1-13(14-8-4-2-5-9-14)21-17(15-10-6-3-7-11-15)19-20-18(21)24-12-16(22)23/h2,4-5,8-9,13,15H,3,6-7,10-12H2,1H3,(H,22,23)/t13-/m0/s1. The zero-order valence-electron chi connectivity index (χ0n) is 13.9. The lowest BCUT2D eigenvalue weighted by atomic mass is 9.88. The Morgan fingerprint density at radius 1 is 1.25 bits per heavy atom. The van der Waals surface area contributed by atoms with Gasteiger partial charge in [-0.2, -0.15) is 0 Å². The average molecular weight is 345 g/mol. The first-order valence-electron chi connectivity index (χ1n) is 8.51. The fourth-order valence-corrected chi connectivity index (χ4v) is 4.14. The molecule has 0 unspecified atom stereocenters. The van der Waals surface area contributed by atoms with E-state index in [0.717, 1.165) is 18.7 Å². The number of hydrogen-bond donors (Lipinski definition) is 1. The van der Waals surface area contributed by atoms with E-state index in [0.29, 0.717) is 11.1 Å². The molecule has 128 valence electrons. The molecule has 0 amide bonds. The van der Waals surface area contributed by atoms with Gasteiger partial charge in [-0.3, -0.25) is 9.36 Å². The number of carboxylic acid groups (broad SMARTS) is 1. The second kappa shape index (κ2) is 7.83. The van der Waals surface area contributed by atoms with Crippen LogP contribution in [-0.2, 0) is 4.79 Å². The molecule has 0 radical (unpaired) electrons. The Labute approximate surface area is 146 Å². The van der Waals surface area contributed by atoms with Crippen LogP contribution < -0.4 is 0 Å². The normalized spacial score (nSPS) is 16.9. The summed E-state index contributed by atoms with van der Waals surface area (Å²) in [5.74, 6) is 0.612. The predicted molar refractivity (Wildman–Crippen MR) is 94.5 cm³/mol. The molecule has 1 N–H and O–H groups in total. The molecule has 2 aromatic rings. The third kappa shape index (κ3) is 3.80. The van der Waals surface area contributed by atoms with Crippen molar-refractivity contribution in [3.63, 3.8) is 0 Å². The molecule has 1 aliphatic carbocycles. The summed E-state index contributed by atoms with van der Waals surface area (Å²) < 4.78 is 2.15. The van der Waals surface area contributed by atoms with E-state index in [9.17, 15) is 4.79 Å². The van der Waals surface area contributed by atoms with Gasteiger partial charge in [0.25, 0.3) is 0 Å². The van der Waals surface area contributed by atoms with Gasteiger partial charge >= 0.3 is 5.97 Å². The minimum atomic E-state index is -0.832. The monoisotopic (exact) mass is 345 g/mol. The van der Waals surface area contributed by atoms with E-state index in [1.807, 2.05) is 18.2 Å². The van der Waals surface area contributed by atoms with Gasteiger partial charge < -0.3 is 5.11 Å². The van der Waals surface area contributed by atoms with Gasteiger partial charge in [0.2, 0.25) is 0 Å². The Balaban J connectivity index is 1.95. The average Bonchev–Trinajstić information content (AvgIpc) is 3.04. The summed E-state index contributed by atoms with van der Waals surface area (Å²) in [6.07, 6.45) is 6.04. The zero-order valence-corrected chi connectivity index (χ0v) is 14.7. The van der Waals surface area contributed by atoms with Crippen molar-refractivity contribution in [3.05, 3.63) is 41.7 Å². The summed E-state index contributed by atoms with van der Waals surface area (Å²) in [4.78, 5) is 11.0. The molecule has 1 fully saturated rings. The molecule has 24 heavy (non-hydrogen) atoms. The SMILES string of the molecule is C[C@@H](c1ccccc1)n1c(SCC(=O)O)nnc1C1CCCCC1. The van der Waals surface area contributed by atoms with Crippen molar-refractivity contribution in [2.24, 2.45) is 0 Å². The summed E-state index contributed by atoms with van der Waals surface area (Å²) in [6.45, 7) is 2.13. The number of benzene rings is 1. The van der Waals surface area contributed by atoms with Crippen LogP contribution in [0.25, 0.3) is 0 Å². The number of carboxylic acids is 1. The fraction of sp³-hybridized carbons (Fsp3) is 0.500. The first kappa shape index (κ1) is 17.0. The van der Waals surface area contributed by atoms with Gasteiger partial charge in [0.15, 0.2) is 5.16 Å². The quantitative estimate of drug-likeness (QED) is 0.798. The van der Waals surface area contributed by atoms with Crippen LogP contribution in [0.4, 0.5) is 0 Å². The number of thioether (sulfide) groups is 1. The van der Waals surface area contributed by atoms with E-state index in [1.54, 1.807) is 0 Å². The molecular weight excluding hydrogens is 322 g/mol. The molecule has 1 aliphatic rings. The number of carbonyl (C=O) groups is 1. The molecule has 0 bridgehead atoms. The number of aliphatic carboxylic acids is 1. The van der Waals surface area contributed by atoms with Crippen LogP contribution >= 0.6 is 11.8 Å².